The highest BCUT2D eigenvalue weighted by Gasteiger charge is 2.20. The second-order valence-corrected chi connectivity index (χ2v) is 8.84. The molecular weight excluding hydrogens is 356 g/mol. The Morgan fingerprint density at radius 2 is 1.83 bits per heavy atom. The van der Waals surface area contributed by atoms with E-state index in [4.69, 9.17) is 5.73 Å². The summed E-state index contributed by atoms with van der Waals surface area (Å²) in [4.78, 5) is 13.5. The van der Waals surface area contributed by atoms with Crippen LogP contribution in [0.5, 0.6) is 0 Å². The number of nitrogens with zero attached hydrogens (tertiary/aromatic N) is 1. The predicted octanol–water partition coefficient (Wildman–Crippen LogP) is 4.51. The van der Waals surface area contributed by atoms with E-state index in [1.807, 2.05) is 0 Å². The Balaban J connectivity index is 1.60. The third kappa shape index (κ3) is 5.70. The van der Waals surface area contributed by atoms with E-state index >= 15 is 0 Å². The molecule has 0 heterocycles. The maximum Gasteiger partial charge on any atom is 0.226 e. The first-order valence-electron chi connectivity index (χ1n) is 11.1. The van der Waals surface area contributed by atoms with Gasteiger partial charge in [-0.05, 0) is 78.3 Å². The Bertz CT molecular complexity index is 810. The van der Waals surface area contributed by atoms with Crippen LogP contribution in [0.2, 0.25) is 0 Å². The van der Waals surface area contributed by atoms with Crippen LogP contribution in [0.15, 0.2) is 42.5 Å². The summed E-state index contributed by atoms with van der Waals surface area (Å²) in [5, 5.41) is 0. The summed E-state index contributed by atoms with van der Waals surface area (Å²) >= 11 is 0. The molecule has 3 heteroatoms. The molecule has 0 bridgehead atoms. The third-order valence-electron chi connectivity index (χ3n) is 6.36. The molecule has 0 saturated heterocycles. The van der Waals surface area contributed by atoms with Crippen molar-refractivity contribution in [1.29, 1.82) is 0 Å². The van der Waals surface area contributed by atoms with E-state index in [-0.39, 0.29) is 5.91 Å². The quantitative estimate of drug-likeness (QED) is 0.718. The van der Waals surface area contributed by atoms with Crippen molar-refractivity contribution in [2.75, 3.05) is 20.6 Å². The molecule has 156 valence electrons. The zero-order valence-corrected chi connectivity index (χ0v) is 18.3. The second-order valence-electron chi connectivity index (χ2n) is 8.84. The van der Waals surface area contributed by atoms with E-state index in [1.54, 1.807) is 19.0 Å². The number of rotatable bonds is 8. The van der Waals surface area contributed by atoms with E-state index in [2.05, 4.69) is 49.4 Å². The molecule has 0 saturated carbocycles. The molecule has 2 atom stereocenters. The minimum absolute atomic E-state index is 0.150. The van der Waals surface area contributed by atoms with Crippen LogP contribution in [0.4, 0.5) is 0 Å². The van der Waals surface area contributed by atoms with Crippen LogP contribution in [0.1, 0.15) is 59.9 Å². The van der Waals surface area contributed by atoms with Gasteiger partial charge in [-0.15, -0.1) is 0 Å². The lowest BCUT2D eigenvalue weighted by atomic mass is 9.79. The van der Waals surface area contributed by atoms with Crippen molar-refractivity contribution >= 4 is 5.91 Å². The molecule has 3 rings (SSSR count). The van der Waals surface area contributed by atoms with Gasteiger partial charge in [-0.2, -0.15) is 0 Å². The summed E-state index contributed by atoms with van der Waals surface area (Å²) in [5.41, 5.74) is 13.0. The van der Waals surface area contributed by atoms with Gasteiger partial charge in [-0.3, -0.25) is 4.79 Å². The second kappa shape index (κ2) is 10.1. The Morgan fingerprint density at radius 1 is 1.10 bits per heavy atom. The summed E-state index contributed by atoms with van der Waals surface area (Å²) in [6, 6.07) is 15.7. The Kier molecular flexibility index (Phi) is 7.49. The lowest BCUT2D eigenvalue weighted by molar-refractivity contribution is -0.127. The van der Waals surface area contributed by atoms with Crippen LogP contribution in [0.25, 0.3) is 0 Å². The minimum atomic E-state index is 0.150. The third-order valence-corrected chi connectivity index (χ3v) is 6.36. The number of aryl methyl sites for hydroxylation is 1. The van der Waals surface area contributed by atoms with Gasteiger partial charge in [0.2, 0.25) is 5.91 Å². The first-order valence-corrected chi connectivity index (χ1v) is 11.1. The van der Waals surface area contributed by atoms with Crippen LogP contribution in [0.3, 0.4) is 0 Å². The first-order chi connectivity index (χ1) is 14.0. The fraction of sp³-hybridized carbons (Fsp3) is 0.500. The number of carbonyl (C=O) groups excluding carboxylic acids is 1. The first kappa shape index (κ1) is 21.6. The van der Waals surface area contributed by atoms with E-state index in [0.717, 1.165) is 24.9 Å². The average Bonchev–Trinajstić information content (AvgIpc) is 2.73. The highest BCUT2D eigenvalue weighted by molar-refractivity contribution is 5.78. The van der Waals surface area contributed by atoms with E-state index in [9.17, 15) is 4.79 Å². The van der Waals surface area contributed by atoms with Crippen molar-refractivity contribution in [3.05, 3.63) is 70.3 Å². The minimum Gasteiger partial charge on any atom is -0.349 e. The molecule has 3 nitrogen and oxygen atoms in total. The average molecular weight is 393 g/mol. The van der Waals surface area contributed by atoms with Crippen molar-refractivity contribution in [1.82, 2.24) is 4.90 Å². The van der Waals surface area contributed by atoms with Crippen LogP contribution >= 0.6 is 0 Å². The van der Waals surface area contributed by atoms with Gasteiger partial charge < -0.3 is 10.6 Å². The predicted molar refractivity (Wildman–Crippen MR) is 121 cm³/mol. The number of hydrogen-bond donors (Lipinski definition) is 1. The summed E-state index contributed by atoms with van der Waals surface area (Å²) < 4.78 is 0. The standard InChI is InChI=1S/C26H36N2O/c1-4-5-25(18-27)24-13-12-22-15-21(10-11-23(22)17-24)14-19-6-8-20(9-7-19)16-26(29)28(2)3/h6-9,12-13,17,21,25H,4-5,10-11,14-16,18,27H2,1-3H3. The lowest BCUT2D eigenvalue weighted by Crippen LogP contribution is -2.23. The van der Waals surface area contributed by atoms with Crippen molar-refractivity contribution in [2.45, 2.75) is 57.8 Å². The van der Waals surface area contributed by atoms with Gasteiger partial charge in [0.05, 0.1) is 6.42 Å². The van der Waals surface area contributed by atoms with Crippen LogP contribution < -0.4 is 5.73 Å². The van der Waals surface area contributed by atoms with Crippen molar-refractivity contribution in [3.8, 4) is 0 Å². The number of likely N-dealkylation sites (N-methyl/N-ethyl adjacent to an activating group) is 1. The number of amides is 1. The molecule has 1 aliphatic rings. The summed E-state index contributed by atoms with van der Waals surface area (Å²) in [6.45, 7) is 2.98. The van der Waals surface area contributed by atoms with Gasteiger partial charge >= 0.3 is 0 Å². The summed E-state index contributed by atoms with van der Waals surface area (Å²) in [6.07, 6.45) is 7.54. The van der Waals surface area contributed by atoms with Crippen molar-refractivity contribution < 1.29 is 4.79 Å². The van der Waals surface area contributed by atoms with Crippen molar-refractivity contribution in [3.63, 3.8) is 0 Å². The molecule has 2 aromatic carbocycles. The van der Waals surface area contributed by atoms with E-state index in [0.29, 0.717) is 18.3 Å². The van der Waals surface area contributed by atoms with Gasteiger partial charge in [0.15, 0.2) is 0 Å². The smallest absolute Gasteiger partial charge is 0.226 e. The maximum absolute atomic E-state index is 11.9. The van der Waals surface area contributed by atoms with Gasteiger partial charge in [0, 0.05) is 14.1 Å². The van der Waals surface area contributed by atoms with Gasteiger partial charge in [0.25, 0.3) is 0 Å². The zero-order valence-electron chi connectivity index (χ0n) is 18.3. The van der Waals surface area contributed by atoms with E-state index < -0.39 is 0 Å². The number of fused-ring (bicyclic) bond motifs is 1. The molecule has 0 spiro atoms. The molecule has 0 fully saturated rings. The number of benzene rings is 2. The summed E-state index contributed by atoms with van der Waals surface area (Å²) in [5.74, 6) is 1.35. The Hall–Kier alpha value is -2.13. The molecule has 0 radical (unpaired) electrons. The molecule has 2 aromatic rings. The fourth-order valence-corrected chi connectivity index (χ4v) is 4.51. The summed E-state index contributed by atoms with van der Waals surface area (Å²) in [7, 11) is 3.61. The molecule has 1 aliphatic carbocycles. The maximum atomic E-state index is 11.9. The largest absolute Gasteiger partial charge is 0.349 e. The number of carbonyl (C=O) groups is 1. The SMILES string of the molecule is CCCC(CN)c1ccc2c(c1)CCC(Cc1ccc(CC(=O)N(C)C)cc1)C2. The molecule has 29 heavy (non-hydrogen) atoms. The Morgan fingerprint density at radius 3 is 2.48 bits per heavy atom. The number of nitrogens with two attached hydrogens (primary N) is 1. The topological polar surface area (TPSA) is 46.3 Å². The van der Waals surface area contributed by atoms with Crippen LogP contribution in [-0.4, -0.2) is 31.4 Å². The highest BCUT2D eigenvalue weighted by Crippen LogP contribution is 2.31. The van der Waals surface area contributed by atoms with Crippen LogP contribution in [-0.2, 0) is 30.5 Å². The number of hydrogen-bond acceptors (Lipinski definition) is 2. The van der Waals surface area contributed by atoms with Gasteiger partial charge in [-0.1, -0.05) is 55.8 Å². The van der Waals surface area contributed by atoms with Gasteiger partial charge in [-0.25, -0.2) is 0 Å². The lowest BCUT2D eigenvalue weighted by Gasteiger charge is -2.26. The molecule has 2 unspecified atom stereocenters. The molecular formula is C26H36N2O. The van der Waals surface area contributed by atoms with Crippen molar-refractivity contribution in [2.24, 2.45) is 11.7 Å². The Labute approximate surface area is 176 Å². The molecule has 1 amide bonds. The van der Waals surface area contributed by atoms with Crippen LogP contribution in [0, 0.1) is 5.92 Å². The molecule has 2 N–H and O–H groups in total. The molecule has 0 aromatic heterocycles. The zero-order chi connectivity index (χ0) is 20.8. The molecule has 0 aliphatic heterocycles. The highest BCUT2D eigenvalue weighted by atomic mass is 16.2. The normalized spacial score (nSPS) is 16.9. The van der Waals surface area contributed by atoms with E-state index in [1.165, 1.54) is 47.9 Å². The monoisotopic (exact) mass is 392 g/mol. The van der Waals surface area contributed by atoms with Gasteiger partial charge in [0.1, 0.15) is 0 Å². The fourth-order valence-electron chi connectivity index (χ4n) is 4.51.